The van der Waals surface area contributed by atoms with Gasteiger partial charge in [0, 0.05) is 25.2 Å². The van der Waals surface area contributed by atoms with Crippen LogP contribution < -0.4 is 10.4 Å². The van der Waals surface area contributed by atoms with Gasteiger partial charge >= 0.3 is 0 Å². The molecule has 2 amide bonds. The molecular formula is C17H18N3O4S-. The van der Waals surface area contributed by atoms with Crippen LogP contribution in [-0.2, 0) is 9.59 Å². The van der Waals surface area contributed by atoms with Gasteiger partial charge in [-0.3, -0.25) is 9.59 Å². The van der Waals surface area contributed by atoms with Gasteiger partial charge in [-0.1, -0.05) is 23.9 Å². The van der Waals surface area contributed by atoms with Crippen molar-refractivity contribution in [1.82, 2.24) is 4.90 Å². The standard InChI is InChI=1S/C17H19N3O4S/c21-14(18-12-6-4-5-11(9-12)16(23)24)10-13-15(22)19-17(25-13)20-7-2-1-3-8-20/h4-6,9,13H,1-3,7-8,10H2,(H,18,21)(H,23,24)/p-1/t13-/m0/s1. The molecule has 1 fully saturated rings. The topological polar surface area (TPSA) is 102 Å². The van der Waals surface area contributed by atoms with Gasteiger partial charge in [0.25, 0.3) is 5.91 Å². The molecular weight excluding hydrogens is 342 g/mol. The quantitative estimate of drug-likeness (QED) is 0.854. The summed E-state index contributed by atoms with van der Waals surface area (Å²) in [6, 6.07) is 5.82. The number of hydrogen-bond donors (Lipinski definition) is 1. The predicted octanol–water partition coefficient (Wildman–Crippen LogP) is 0.863. The molecule has 25 heavy (non-hydrogen) atoms. The Balaban J connectivity index is 1.56. The van der Waals surface area contributed by atoms with Gasteiger partial charge in [0.1, 0.15) is 5.25 Å². The number of thioether (sulfide) groups is 1. The van der Waals surface area contributed by atoms with Crippen molar-refractivity contribution in [2.24, 2.45) is 4.99 Å². The van der Waals surface area contributed by atoms with Crippen molar-refractivity contribution in [1.29, 1.82) is 0 Å². The molecule has 132 valence electrons. The highest BCUT2D eigenvalue weighted by Gasteiger charge is 2.33. The van der Waals surface area contributed by atoms with Crippen molar-refractivity contribution >= 4 is 40.4 Å². The minimum atomic E-state index is -1.31. The molecule has 0 radical (unpaired) electrons. The summed E-state index contributed by atoms with van der Waals surface area (Å²) in [6.07, 6.45) is 3.38. The van der Waals surface area contributed by atoms with E-state index in [0.717, 1.165) is 25.9 Å². The lowest BCUT2D eigenvalue weighted by Crippen LogP contribution is -2.33. The van der Waals surface area contributed by atoms with Crippen LogP contribution in [0, 0.1) is 0 Å². The number of piperidine rings is 1. The minimum Gasteiger partial charge on any atom is -0.545 e. The van der Waals surface area contributed by atoms with Crippen LogP contribution in [-0.4, -0.2) is 46.2 Å². The summed E-state index contributed by atoms with van der Waals surface area (Å²) < 4.78 is 0. The summed E-state index contributed by atoms with van der Waals surface area (Å²) in [6.45, 7) is 1.79. The van der Waals surface area contributed by atoms with E-state index in [4.69, 9.17) is 0 Å². The van der Waals surface area contributed by atoms with E-state index in [1.807, 2.05) is 0 Å². The van der Waals surface area contributed by atoms with E-state index in [2.05, 4.69) is 15.2 Å². The zero-order valence-electron chi connectivity index (χ0n) is 13.6. The summed E-state index contributed by atoms with van der Waals surface area (Å²) in [5.74, 6) is -1.95. The number of carboxylic acid groups (broad SMARTS) is 1. The zero-order valence-corrected chi connectivity index (χ0v) is 14.4. The number of nitrogens with zero attached hydrogens (tertiary/aromatic N) is 2. The number of aromatic carboxylic acids is 1. The first kappa shape index (κ1) is 17.5. The number of carbonyl (C=O) groups is 3. The maximum atomic E-state index is 12.2. The van der Waals surface area contributed by atoms with Gasteiger partial charge in [0.2, 0.25) is 5.91 Å². The van der Waals surface area contributed by atoms with Crippen molar-refractivity contribution in [2.75, 3.05) is 18.4 Å². The van der Waals surface area contributed by atoms with Gasteiger partial charge in [-0.25, -0.2) is 0 Å². The largest absolute Gasteiger partial charge is 0.545 e. The Morgan fingerprint density at radius 3 is 2.76 bits per heavy atom. The van der Waals surface area contributed by atoms with E-state index >= 15 is 0 Å². The Hall–Kier alpha value is -2.35. The SMILES string of the molecule is O=C(C[C@@H]1SC(N2CCCCC2)=NC1=O)Nc1cccc(C(=O)[O-])c1. The van der Waals surface area contributed by atoms with Gasteiger partial charge in [0.15, 0.2) is 5.17 Å². The molecule has 1 atom stereocenters. The lowest BCUT2D eigenvalue weighted by Gasteiger charge is -2.27. The highest BCUT2D eigenvalue weighted by atomic mass is 32.2. The minimum absolute atomic E-state index is 0.000110. The molecule has 3 rings (SSSR count). The van der Waals surface area contributed by atoms with E-state index in [1.165, 1.54) is 36.4 Å². The van der Waals surface area contributed by atoms with Crippen molar-refractivity contribution in [2.45, 2.75) is 30.9 Å². The molecule has 1 N–H and O–H groups in total. The van der Waals surface area contributed by atoms with Crippen LogP contribution >= 0.6 is 11.8 Å². The van der Waals surface area contributed by atoms with Gasteiger partial charge < -0.3 is 20.1 Å². The van der Waals surface area contributed by atoms with Crippen LogP contribution in [0.1, 0.15) is 36.0 Å². The Morgan fingerprint density at radius 1 is 1.28 bits per heavy atom. The number of aliphatic imine (C=N–C) groups is 1. The maximum absolute atomic E-state index is 12.2. The first-order chi connectivity index (χ1) is 12.0. The molecule has 2 heterocycles. The fourth-order valence-corrected chi connectivity index (χ4v) is 3.95. The molecule has 0 bridgehead atoms. The number of amidine groups is 1. The van der Waals surface area contributed by atoms with Crippen molar-refractivity contribution in [3.63, 3.8) is 0 Å². The van der Waals surface area contributed by atoms with Gasteiger partial charge in [-0.05, 0) is 37.0 Å². The molecule has 0 aliphatic carbocycles. The third kappa shape index (κ3) is 4.39. The number of hydrogen-bond acceptors (Lipinski definition) is 6. The molecule has 1 aromatic carbocycles. The average molecular weight is 360 g/mol. The number of carboxylic acids is 1. The molecule has 2 aliphatic heterocycles. The average Bonchev–Trinajstić information content (AvgIpc) is 2.96. The van der Waals surface area contributed by atoms with Gasteiger partial charge in [0.05, 0.1) is 5.97 Å². The van der Waals surface area contributed by atoms with Gasteiger partial charge in [-0.2, -0.15) is 4.99 Å². The summed E-state index contributed by atoms with van der Waals surface area (Å²) in [5.41, 5.74) is 0.346. The number of nitrogens with one attached hydrogen (secondary N) is 1. The molecule has 0 spiro atoms. The number of carbonyl (C=O) groups excluding carboxylic acids is 3. The summed E-state index contributed by atoms with van der Waals surface area (Å²) in [7, 11) is 0. The summed E-state index contributed by atoms with van der Waals surface area (Å²) in [4.78, 5) is 41.3. The van der Waals surface area contributed by atoms with E-state index in [1.54, 1.807) is 6.07 Å². The highest BCUT2D eigenvalue weighted by molar-refractivity contribution is 8.15. The Bertz CT molecular complexity index is 728. The smallest absolute Gasteiger partial charge is 0.262 e. The van der Waals surface area contributed by atoms with Crippen molar-refractivity contribution < 1.29 is 19.5 Å². The Kier molecular flexibility index (Phi) is 5.37. The lowest BCUT2D eigenvalue weighted by molar-refractivity contribution is -0.255. The molecule has 2 aliphatic rings. The third-order valence-electron chi connectivity index (χ3n) is 4.11. The van der Waals surface area contributed by atoms with Crippen LogP contribution in [0.25, 0.3) is 0 Å². The fraction of sp³-hybridized carbons (Fsp3) is 0.412. The molecule has 0 saturated carbocycles. The third-order valence-corrected chi connectivity index (χ3v) is 5.32. The van der Waals surface area contributed by atoms with E-state index in [0.29, 0.717) is 10.9 Å². The number of benzene rings is 1. The zero-order chi connectivity index (χ0) is 17.8. The number of anilines is 1. The van der Waals surface area contributed by atoms with E-state index in [-0.39, 0.29) is 23.8 Å². The number of likely N-dealkylation sites (tertiary alicyclic amines) is 1. The van der Waals surface area contributed by atoms with Crippen LogP contribution in [0.3, 0.4) is 0 Å². The monoisotopic (exact) mass is 360 g/mol. The van der Waals surface area contributed by atoms with E-state index in [9.17, 15) is 19.5 Å². The molecule has 0 unspecified atom stereocenters. The predicted molar refractivity (Wildman–Crippen MR) is 93.3 cm³/mol. The Labute approximate surface area is 149 Å². The molecule has 7 nitrogen and oxygen atoms in total. The molecule has 1 aromatic rings. The van der Waals surface area contributed by atoms with Crippen LogP contribution in [0.15, 0.2) is 29.3 Å². The molecule has 0 aromatic heterocycles. The second-order valence-electron chi connectivity index (χ2n) is 6.01. The van der Waals surface area contributed by atoms with Crippen molar-refractivity contribution in [3.05, 3.63) is 29.8 Å². The van der Waals surface area contributed by atoms with E-state index < -0.39 is 11.2 Å². The fourth-order valence-electron chi connectivity index (χ4n) is 2.83. The van der Waals surface area contributed by atoms with Crippen LogP contribution in [0.5, 0.6) is 0 Å². The summed E-state index contributed by atoms with van der Waals surface area (Å²) >= 11 is 1.33. The molecule has 8 heteroatoms. The van der Waals surface area contributed by atoms with Crippen LogP contribution in [0.2, 0.25) is 0 Å². The second-order valence-corrected chi connectivity index (χ2v) is 7.18. The second kappa shape index (κ2) is 7.69. The normalized spacial score (nSPS) is 20.3. The molecule has 1 saturated heterocycles. The lowest BCUT2D eigenvalue weighted by atomic mass is 10.1. The highest BCUT2D eigenvalue weighted by Crippen LogP contribution is 2.29. The first-order valence-corrected chi connectivity index (χ1v) is 9.06. The first-order valence-electron chi connectivity index (χ1n) is 8.18. The maximum Gasteiger partial charge on any atom is 0.262 e. The number of rotatable bonds is 4. The van der Waals surface area contributed by atoms with Gasteiger partial charge in [-0.15, -0.1) is 0 Å². The van der Waals surface area contributed by atoms with Crippen molar-refractivity contribution in [3.8, 4) is 0 Å². The summed E-state index contributed by atoms with van der Waals surface area (Å²) in [5, 5.41) is 13.7. The Morgan fingerprint density at radius 2 is 2.04 bits per heavy atom. The van der Waals surface area contributed by atoms with Crippen LogP contribution in [0.4, 0.5) is 5.69 Å². The number of amides is 2.